The summed E-state index contributed by atoms with van der Waals surface area (Å²) in [7, 11) is 2.28. The lowest BCUT2D eigenvalue weighted by Crippen LogP contribution is -2.38. The number of hydrogen-bond donors (Lipinski definition) is 0. The first-order valence-corrected chi connectivity index (χ1v) is 4.42. The van der Waals surface area contributed by atoms with Crippen molar-refractivity contribution in [3.63, 3.8) is 0 Å². The van der Waals surface area contributed by atoms with E-state index in [0.29, 0.717) is 0 Å². The number of fused-ring (bicyclic) bond motifs is 2. The number of likely N-dealkylation sites (tertiary alicyclic amines) is 1. The largest absolute Gasteiger partial charge is 0.300 e. The molecule has 2 rings (SSSR count). The molecule has 0 amide bonds. The van der Waals surface area contributed by atoms with Gasteiger partial charge in [-0.2, -0.15) is 0 Å². The highest BCUT2D eigenvalue weighted by molar-refractivity contribution is 4.99. The Morgan fingerprint density at radius 3 is 2.30 bits per heavy atom. The van der Waals surface area contributed by atoms with E-state index in [4.69, 9.17) is 0 Å². The minimum absolute atomic E-state index is 0.855. The highest BCUT2D eigenvalue weighted by atomic mass is 15.2. The highest BCUT2D eigenvalue weighted by Crippen LogP contribution is 2.44. The standard InChI is InChI=1S/C9H17N/c1-6-4-8-5-9(6)7(2)10(8)3/h6-9H,4-5H2,1-3H3. The molecule has 0 aromatic rings. The summed E-state index contributed by atoms with van der Waals surface area (Å²) in [6.45, 7) is 4.79. The van der Waals surface area contributed by atoms with Gasteiger partial charge in [0.15, 0.2) is 0 Å². The van der Waals surface area contributed by atoms with Crippen LogP contribution in [0.15, 0.2) is 0 Å². The predicted molar refractivity (Wildman–Crippen MR) is 42.9 cm³/mol. The summed E-state index contributed by atoms with van der Waals surface area (Å²) < 4.78 is 0. The second-order valence-electron chi connectivity index (χ2n) is 4.17. The molecule has 2 aliphatic rings. The maximum atomic E-state index is 2.56. The molecule has 0 spiro atoms. The lowest BCUT2D eigenvalue weighted by Gasteiger charge is -2.32. The van der Waals surface area contributed by atoms with Gasteiger partial charge in [0.2, 0.25) is 0 Å². The van der Waals surface area contributed by atoms with Crippen LogP contribution in [-0.2, 0) is 0 Å². The SMILES string of the molecule is CC1CC2CC1C(C)N2C. The van der Waals surface area contributed by atoms with Crippen molar-refractivity contribution in [2.75, 3.05) is 7.05 Å². The topological polar surface area (TPSA) is 3.24 Å². The second-order valence-corrected chi connectivity index (χ2v) is 4.17. The first-order chi connectivity index (χ1) is 4.70. The Bertz CT molecular complexity index is 142. The number of hydrogen-bond acceptors (Lipinski definition) is 1. The summed E-state index contributed by atoms with van der Waals surface area (Å²) in [5.74, 6) is 2.01. The molecule has 0 aromatic carbocycles. The Morgan fingerprint density at radius 1 is 1.20 bits per heavy atom. The normalized spacial score (nSPS) is 54.3. The zero-order chi connectivity index (χ0) is 7.30. The molecule has 1 nitrogen and oxygen atoms in total. The van der Waals surface area contributed by atoms with Crippen molar-refractivity contribution in [3.05, 3.63) is 0 Å². The molecule has 10 heavy (non-hydrogen) atoms. The molecule has 1 saturated heterocycles. The van der Waals surface area contributed by atoms with Crippen LogP contribution in [0.5, 0.6) is 0 Å². The van der Waals surface area contributed by atoms with Crippen LogP contribution in [0.2, 0.25) is 0 Å². The number of rotatable bonds is 0. The molecule has 4 atom stereocenters. The Morgan fingerprint density at radius 2 is 1.90 bits per heavy atom. The maximum absolute atomic E-state index is 2.56. The third-order valence-corrected chi connectivity index (χ3v) is 3.76. The van der Waals surface area contributed by atoms with Crippen molar-refractivity contribution in [2.45, 2.75) is 38.8 Å². The smallest absolute Gasteiger partial charge is 0.0101 e. The van der Waals surface area contributed by atoms with E-state index >= 15 is 0 Å². The maximum Gasteiger partial charge on any atom is 0.0101 e. The fourth-order valence-corrected chi connectivity index (χ4v) is 2.89. The number of piperidine rings is 1. The van der Waals surface area contributed by atoms with Crippen molar-refractivity contribution in [1.29, 1.82) is 0 Å². The van der Waals surface area contributed by atoms with Crippen molar-refractivity contribution >= 4 is 0 Å². The fourth-order valence-electron chi connectivity index (χ4n) is 2.89. The van der Waals surface area contributed by atoms with E-state index in [0.717, 1.165) is 23.9 Å². The molecule has 0 aromatic heterocycles. The van der Waals surface area contributed by atoms with Crippen molar-refractivity contribution < 1.29 is 0 Å². The van der Waals surface area contributed by atoms with Crippen LogP contribution in [0.4, 0.5) is 0 Å². The molecule has 1 heterocycles. The van der Waals surface area contributed by atoms with Gasteiger partial charge in [0.05, 0.1) is 0 Å². The molecule has 1 heteroatoms. The third-order valence-electron chi connectivity index (χ3n) is 3.76. The predicted octanol–water partition coefficient (Wildman–Crippen LogP) is 1.74. The Hall–Kier alpha value is -0.0400. The van der Waals surface area contributed by atoms with Gasteiger partial charge < -0.3 is 4.90 Å². The fraction of sp³-hybridized carbons (Fsp3) is 1.00. The van der Waals surface area contributed by atoms with Gasteiger partial charge in [0.25, 0.3) is 0 Å². The van der Waals surface area contributed by atoms with Gasteiger partial charge in [-0.25, -0.2) is 0 Å². The van der Waals surface area contributed by atoms with Gasteiger partial charge in [0, 0.05) is 12.1 Å². The van der Waals surface area contributed by atoms with Crippen LogP contribution >= 0.6 is 0 Å². The van der Waals surface area contributed by atoms with Crippen molar-refractivity contribution in [1.82, 2.24) is 4.90 Å². The zero-order valence-corrected chi connectivity index (χ0v) is 7.17. The van der Waals surface area contributed by atoms with Gasteiger partial charge in [-0.15, -0.1) is 0 Å². The Labute approximate surface area is 63.4 Å². The summed E-state index contributed by atoms with van der Waals surface area (Å²) in [4.78, 5) is 2.56. The van der Waals surface area contributed by atoms with E-state index in [2.05, 4.69) is 25.8 Å². The molecular weight excluding hydrogens is 122 g/mol. The Balaban J connectivity index is 2.16. The van der Waals surface area contributed by atoms with Crippen LogP contribution in [0.3, 0.4) is 0 Å². The molecule has 2 fully saturated rings. The minimum atomic E-state index is 0.855. The van der Waals surface area contributed by atoms with E-state index < -0.39 is 0 Å². The van der Waals surface area contributed by atoms with Gasteiger partial charge in [-0.3, -0.25) is 0 Å². The minimum Gasteiger partial charge on any atom is -0.300 e. The Kier molecular flexibility index (Phi) is 1.31. The van der Waals surface area contributed by atoms with Crippen LogP contribution in [0.1, 0.15) is 26.7 Å². The number of nitrogens with zero attached hydrogens (tertiary/aromatic N) is 1. The van der Waals surface area contributed by atoms with Crippen molar-refractivity contribution in [2.24, 2.45) is 11.8 Å². The second kappa shape index (κ2) is 1.97. The molecule has 2 bridgehead atoms. The van der Waals surface area contributed by atoms with E-state index in [1.54, 1.807) is 0 Å². The summed E-state index contributed by atoms with van der Waals surface area (Å²) in [5.41, 5.74) is 0. The molecule has 1 saturated carbocycles. The van der Waals surface area contributed by atoms with E-state index in [1.807, 2.05) is 0 Å². The van der Waals surface area contributed by atoms with Crippen LogP contribution in [0, 0.1) is 11.8 Å². The molecular formula is C9H17N. The van der Waals surface area contributed by atoms with Crippen LogP contribution in [0.25, 0.3) is 0 Å². The molecule has 58 valence electrons. The summed E-state index contributed by atoms with van der Waals surface area (Å²) in [6, 6.07) is 1.78. The first kappa shape index (κ1) is 6.66. The first-order valence-electron chi connectivity index (χ1n) is 4.42. The van der Waals surface area contributed by atoms with E-state index in [1.165, 1.54) is 12.8 Å². The summed E-state index contributed by atoms with van der Waals surface area (Å²) in [5, 5.41) is 0. The quantitative estimate of drug-likeness (QED) is 0.494. The lowest BCUT2D eigenvalue weighted by molar-refractivity contribution is 0.152. The van der Waals surface area contributed by atoms with Crippen LogP contribution < -0.4 is 0 Å². The van der Waals surface area contributed by atoms with Crippen LogP contribution in [-0.4, -0.2) is 24.0 Å². The summed E-state index contributed by atoms with van der Waals surface area (Å²) >= 11 is 0. The molecule has 1 aliphatic carbocycles. The van der Waals surface area contributed by atoms with Gasteiger partial charge in [-0.1, -0.05) is 6.92 Å². The van der Waals surface area contributed by atoms with E-state index in [9.17, 15) is 0 Å². The third kappa shape index (κ3) is 0.672. The summed E-state index contributed by atoms with van der Waals surface area (Å²) in [6.07, 6.45) is 2.92. The average molecular weight is 139 g/mol. The van der Waals surface area contributed by atoms with E-state index in [-0.39, 0.29) is 0 Å². The molecule has 4 unspecified atom stereocenters. The molecule has 0 radical (unpaired) electrons. The van der Waals surface area contributed by atoms with Gasteiger partial charge in [-0.05, 0) is 38.6 Å². The lowest BCUT2D eigenvalue weighted by atomic mass is 9.91. The monoisotopic (exact) mass is 139 g/mol. The molecule has 1 aliphatic heterocycles. The average Bonchev–Trinajstić information content (AvgIpc) is 2.36. The highest BCUT2D eigenvalue weighted by Gasteiger charge is 2.45. The van der Waals surface area contributed by atoms with Gasteiger partial charge in [0.1, 0.15) is 0 Å². The molecule has 0 N–H and O–H groups in total. The van der Waals surface area contributed by atoms with Gasteiger partial charge >= 0.3 is 0 Å². The zero-order valence-electron chi connectivity index (χ0n) is 7.17. The van der Waals surface area contributed by atoms with Crippen molar-refractivity contribution in [3.8, 4) is 0 Å².